The van der Waals surface area contributed by atoms with Crippen molar-refractivity contribution in [1.29, 1.82) is 0 Å². The number of amides is 2. The Labute approximate surface area is 127 Å². The zero-order valence-corrected chi connectivity index (χ0v) is 13.1. The molecule has 2 amide bonds. The van der Waals surface area contributed by atoms with E-state index in [0.717, 1.165) is 0 Å². The van der Waals surface area contributed by atoms with Crippen LogP contribution in [0.25, 0.3) is 0 Å². The number of methoxy groups -OCH3 is 1. The summed E-state index contributed by atoms with van der Waals surface area (Å²) in [5.74, 6) is -1.39. The number of carbonyl (C=O) groups excluding carboxylic acids is 3. The van der Waals surface area contributed by atoms with Crippen LogP contribution >= 0.6 is 0 Å². The van der Waals surface area contributed by atoms with E-state index < -0.39 is 23.6 Å². The largest absolute Gasteiger partial charge is 0.463 e. The number of nitrogens with one attached hydrogen (secondary N) is 2. The molecule has 0 saturated heterocycles. The van der Waals surface area contributed by atoms with Crippen LogP contribution in [-0.2, 0) is 21.3 Å². The third-order valence-electron chi connectivity index (χ3n) is 2.17. The maximum Gasteiger partial charge on any atom is 0.408 e. The Bertz CT molecular complexity index is 575. The number of nitrogens with zero attached hydrogens (tertiary/aromatic N) is 3. The number of alkyl carbamates (subject to hydrolysis) is 1. The second kappa shape index (κ2) is 6.87. The fourth-order valence-electron chi connectivity index (χ4n) is 1.31. The first kappa shape index (κ1) is 17.4. The number of ether oxygens (including phenoxy) is 2. The minimum Gasteiger partial charge on any atom is -0.463 e. The second-order valence-corrected chi connectivity index (χ2v) is 5.28. The van der Waals surface area contributed by atoms with Gasteiger partial charge in [-0.2, -0.15) is 4.98 Å². The van der Waals surface area contributed by atoms with Crippen molar-refractivity contribution in [2.75, 3.05) is 19.0 Å². The van der Waals surface area contributed by atoms with Crippen LogP contribution in [0.5, 0.6) is 0 Å². The lowest BCUT2D eigenvalue weighted by Gasteiger charge is -2.19. The molecule has 2 N–H and O–H groups in total. The zero-order valence-electron chi connectivity index (χ0n) is 13.1. The van der Waals surface area contributed by atoms with Crippen molar-refractivity contribution < 1.29 is 23.9 Å². The van der Waals surface area contributed by atoms with E-state index >= 15 is 0 Å². The first-order chi connectivity index (χ1) is 10.1. The number of hydrogen-bond donors (Lipinski definition) is 2. The first-order valence-corrected chi connectivity index (χ1v) is 6.38. The summed E-state index contributed by atoms with van der Waals surface area (Å²) < 4.78 is 10.7. The van der Waals surface area contributed by atoms with E-state index in [1.54, 1.807) is 20.8 Å². The van der Waals surface area contributed by atoms with E-state index in [0.29, 0.717) is 0 Å². The Morgan fingerprint density at radius 1 is 1.27 bits per heavy atom. The number of anilines is 1. The number of aromatic nitrogens is 3. The fourth-order valence-corrected chi connectivity index (χ4v) is 1.31. The summed E-state index contributed by atoms with van der Waals surface area (Å²) in [6.07, 6.45) is -0.712. The first-order valence-electron chi connectivity index (χ1n) is 6.38. The fraction of sp³-hybridized carbons (Fsp3) is 0.583. The van der Waals surface area contributed by atoms with E-state index in [1.807, 2.05) is 0 Å². The SMILES string of the molecule is COC(=O)c1nc(NC(=O)CNC(=O)OC(C)(C)C)n(C)n1. The van der Waals surface area contributed by atoms with Gasteiger partial charge in [-0.3, -0.25) is 10.1 Å². The number of rotatable bonds is 4. The van der Waals surface area contributed by atoms with Gasteiger partial charge in [-0.15, -0.1) is 5.10 Å². The second-order valence-electron chi connectivity index (χ2n) is 5.28. The standard InChI is InChI=1S/C12H19N5O5/c1-12(2,3)22-11(20)13-6-7(18)14-10-15-8(9(19)21-5)16-17(10)4/h6H2,1-5H3,(H,13,20)(H,14,15,16,18). The van der Waals surface area contributed by atoms with Gasteiger partial charge in [0.15, 0.2) is 0 Å². The molecule has 22 heavy (non-hydrogen) atoms. The van der Waals surface area contributed by atoms with Gasteiger partial charge in [-0.25, -0.2) is 14.3 Å². The molecule has 0 aromatic carbocycles. The van der Waals surface area contributed by atoms with Crippen molar-refractivity contribution in [3.63, 3.8) is 0 Å². The number of hydrogen-bond acceptors (Lipinski definition) is 7. The van der Waals surface area contributed by atoms with Gasteiger partial charge in [0.1, 0.15) is 12.1 Å². The lowest BCUT2D eigenvalue weighted by atomic mass is 10.2. The maximum atomic E-state index is 11.7. The predicted molar refractivity (Wildman–Crippen MR) is 75.2 cm³/mol. The van der Waals surface area contributed by atoms with Gasteiger partial charge in [0.2, 0.25) is 11.9 Å². The summed E-state index contributed by atoms with van der Waals surface area (Å²) in [5.41, 5.74) is -0.653. The number of aryl methyl sites for hydroxylation is 1. The molecule has 10 nitrogen and oxygen atoms in total. The number of carbonyl (C=O) groups is 3. The van der Waals surface area contributed by atoms with Crippen molar-refractivity contribution in [3.8, 4) is 0 Å². The van der Waals surface area contributed by atoms with E-state index in [1.165, 1.54) is 18.8 Å². The molecule has 0 aliphatic heterocycles. The molecule has 0 unspecified atom stereocenters. The zero-order chi connectivity index (χ0) is 16.9. The van der Waals surface area contributed by atoms with Crippen molar-refractivity contribution in [2.24, 2.45) is 7.05 Å². The van der Waals surface area contributed by atoms with Gasteiger partial charge in [0, 0.05) is 7.05 Å². The van der Waals surface area contributed by atoms with Gasteiger partial charge in [0.05, 0.1) is 7.11 Å². The predicted octanol–water partition coefficient (Wildman–Crippen LogP) is 0.0649. The molecule has 1 heterocycles. The molecule has 0 bridgehead atoms. The molecular weight excluding hydrogens is 294 g/mol. The van der Waals surface area contributed by atoms with Gasteiger partial charge >= 0.3 is 12.1 Å². The molecule has 1 aromatic rings. The third-order valence-corrected chi connectivity index (χ3v) is 2.17. The molecule has 0 aliphatic rings. The maximum absolute atomic E-state index is 11.7. The minimum absolute atomic E-state index is 0.0522. The van der Waals surface area contributed by atoms with Crippen LogP contribution in [-0.4, -0.2) is 52.0 Å². The summed E-state index contributed by atoms with van der Waals surface area (Å²) in [6, 6.07) is 0. The highest BCUT2D eigenvalue weighted by atomic mass is 16.6. The molecule has 0 atom stereocenters. The van der Waals surface area contributed by atoms with Crippen LogP contribution in [0, 0.1) is 0 Å². The van der Waals surface area contributed by atoms with Crippen molar-refractivity contribution in [2.45, 2.75) is 26.4 Å². The van der Waals surface area contributed by atoms with Gasteiger partial charge in [0.25, 0.3) is 5.82 Å². The molecule has 0 spiro atoms. The quantitative estimate of drug-likeness (QED) is 0.753. The van der Waals surface area contributed by atoms with Crippen LogP contribution < -0.4 is 10.6 Å². The smallest absolute Gasteiger partial charge is 0.408 e. The molecule has 1 aromatic heterocycles. The summed E-state index contributed by atoms with van der Waals surface area (Å²) in [5, 5.41) is 8.48. The molecule has 0 fully saturated rings. The highest BCUT2D eigenvalue weighted by Gasteiger charge is 2.18. The summed E-state index contributed by atoms with van der Waals surface area (Å²) >= 11 is 0. The molecule has 10 heteroatoms. The number of esters is 1. The van der Waals surface area contributed by atoms with Crippen LogP contribution in [0.1, 0.15) is 31.4 Å². The Balaban J connectivity index is 2.54. The molecule has 0 radical (unpaired) electrons. The Morgan fingerprint density at radius 2 is 1.91 bits per heavy atom. The topological polar surface area (TPSA) is 124 Å². The van der Waals surface area contributed by atoms with E-state index in [9.17, 15) is 14.4 Å². The Kier molecular flexibility index (Phi) is 5.44. The average molecular weight is 313 g/mol. The molecular formula is C12H19N5O5. The summed E-state index contributed by atoms with van der Waals surface area (Å²) in [6.45, 7) is 4.82. The van der Waals surface area contributed by atoms with Crippen LogP contribution in [0.15, 0.2) is 0 Å². The van der Waals surface area contributed by atoms with E-state index in [2.05, 4.69) is 25.5 Å². The normalized spacial score (nSPS) is 10.8. The van der Waals surface area contributed by atoms with Crippen LogP contribution in [0.4, 0.5) is 10.7 Å². The highest BCUT2D eigenvalue weighted by Crippen LogP contribution is 2.06. The molecule has 1 rings (SSSR count). The van der Waals surface area contributed by atoms with Gasteiger partial charge in [-0.1, -0.05) is 0 Å². The summed E-state index contributed by atoms with van der Waals surface area (Å²) in [7, 11) is 2.69. The lowest BCUT2D eigenvalue weighted by Crippen LogP contribution is -2.37. The molecule has 0 aliphatic carbocycles. The van der Waals surface area contributed by atoms with Crippen LogP contribution in [0.3, 0.4) is 0 Å². The van der Waals surface area contributed by atoms with Crippen molar-refractivity contribution >= 4 is 23.9 Å². The minimum atomic E-state index is -0.719. The van der Waals surface area contributed by atoms with E-state index in [-0.39, 0.29) is 18.3 Å². The van der Waals surface area contributed by atoms with Gasteiger partial charge in [-0.05, 0) is 20.8 Å². The summed E-state index contributed by atoms with van der Waals surface area (Å²) in [4.78, 5) is 38.2. The molecule has 0 saturated carbocycles. The van der Waals surface area contributed by atoms with Crippen molar-refractivity contribution in [3.05, 3.63) is 5.82 Å². The van der Waals surface area contributed by atoms with Crippen LogP contribution in [0.2, 0.25) is 0 Å². The van der Waals surface area contributed by atoms with Crippen molar-refractivity contribution in [1.82, 2.24) is 20.1 Å². The van der Waals surface area contributed by atoms with Gasteiger partial charge < -0.3 is 14.8 Å². The average Bonchev–Trinajstić information content (AvgIpc) is 2.75. The highest BCUT2D eigenvalue weighted by molar-refractivity contribution is 5.93. The Hall–Kier alpha value is -2.65. The lowest BCUT2D eigenvalue weighted by molar-refractivity contribution is -0.115. The monoisotopic (exact) mass is 313 g/mol. The molecule has 122 valence electrons. The Morgan fingerprint density at radius 3 is 2.45 bits per heavy atom. The third kappa shape index (κ3) is 5.38. The van der Waals surface area contributed by atoms with E-state index in [4.69, 9.17) is 4.74 Å².